The Kier molecular flexibility index (Phi) is 4.50. The molecule has 3 rings (SSSR count). The van der Waals surface area contributed by atoms with Gasteiger partial charge in [0.25, 0.3) is 0 Å². The third-order valence-electron chi connectivity index (χ3n) is 4.84. The fourth-order valence-electron chi connectivity index (χ4n) is 3.43. The molecule has 0 saturated carbocycles. The minimum absolute atomic E-state index is 0.0578. The fraction of sp³-hybridized carbons (Fsp3) is 0.533. The molecule has 2 aliphatic heterocycles. The van der Waals surface area contributed by atoms with Gasteiger partial charge in [0.05, 0.1) is 19.1 Å². The summed E-state index contributed by atoms with van der Waals surface area (Å²) in [7, 11) is -2.56. The van der Waals surface area contributed by atoms with Crippen molar-refractivity contribution >= 4 is 27.6 Å². The van der Waals surface area contributed by atoms with Gasteiger partial charge >= 0.3 is 5.97 Å². The number of carboxylic acids is 1. The van der Waals surface area contributed by atoms with Gasteiger partial charge in [-0.3, -0.25) is 4.79 Å². The predicted octanol–water partition coefficient (Wildman–Crippen LogP) is 1.46. The van der Waals surface area contributed by atoms with Gasteiger partial charge in [0.15, 0.2) is 0 Å². The Labute approximate surface area is 145 Å². The minimum Gasteiger partial charge on any atom is -0.495 e. The molecule has 1 aromatic rings. The van der Waals surface area contributed by atoms with E-state index in [2.05, 4.69) is 0 Å². The molecule has 9 heteroatoms. The third kappa shape index (κ3) is 2.67. The number of methoxy groups -OCH3 is 1. The summed E-state index contributed by atoms with van der Waals surface area (Å²) in [6, 6.07) is 4.34. The van der Waals surface area contributed by atoms with Crippen LogP contribution in [-0.4, -0.2) is 57.2 Å². The molecule has 7 nitrogen and oxygen atoms in total. The predicted molar refractivity (Wildman–Crippen MR) is 85.8 cm³/mol. The van der Waals surface area contributed by atoms with E-state index in [-0.39, 0.29) is 41.3 Å². The van der Waals surface area contributed by atoms with Gasteiger partial charge in [0.2, 0.25) is 10.0 Å². The van der Waals surface area contributed by atoms with Crippen LogP contribution in [0.1, 0.15) is 6.42 Å². The van der Waals surface area contributed by atoms with Gasteiger partial charge in [-0.1, -0.05) is 11.6 Å². The number of rotatable bonds is 4. The van der Waals surface area contributed by atoms with E-state index in [0.717, 1.165) is 0 Å². The summed E-state index contributed by atoms with van der Waals surface area (Å²) in [5.41, 5.74) is -1.10. The van der Waals surface area contributed by atoms with Gasteiger partial charge in [0.1, 0.15) is 10.6 Å². The average Bonchev–Trinajstić information content (AvgIpc) is 2.96. The molecule has 0 spiro atoms. The minimum atomic E-state index is -3.93. The lowest BCUT2D eigenvalue weighted by molar-refractivity contribution is -0.157. The van der Waals surface area contributed by atoms with Crippen LogP contribution in [0.5, 0.6) is 5.75 Å². The summed E-state index contributed by atoms with van der Waals surface area (Å²) in [5, 5.41) is 9.94. The van der Waals surface area contributed by atoms with Crippen molar-refractivity contribution in [2.75, 3.05) is 33.4 Å². The second-order valence-electron chi connectivity index (χ2n) is 6.08. The molecule has 0 radical (unpaired) electrons. The lowest BCUT2D eigenvalue weighted by atomic mass is 9.74. The number of carbonyl (C=O) groups is 1. The highest BCUT2D eigenvalue weighted by atomic mass is 35.5. The summed E-state index contributed by atoms with van der Waals surface area (Å²) < 4.78 is 37.8. The molecule has 132 valence electrons. The summed E-state index contributed by atoms with van der Waals surface area (Å²) in [6.45, 7) is 0.584. The van der Waals surface area contributed by atoms with Crippen LogP contribution >= 0.6 is 11.6 Å². The Morgan fingerprint density at radius 2 is 2.25 bits per heavy atom. The van der Waals surface area contributed by atoms with Crippen LogP contribution < -0.4 is 4.74 Å². The van der Waals surface area contributed by atoms with Crippen molar-refractivity contribution in [3.05, 3.63) is 23.2 Å². The van der Waals surface area contributed by atoms with E-state index in [1.165, 1.54) is 29.6 Å². The normalized spacial score (nSPS) is 27.7. The second-order valence-corrected chi connectivity index (χ2v) is 8.42. The van der Waals surface area contributed by atoms with E-state index in [0.29, 0.717) is 13.0 Å². The van der Waals surface area contributed by atoms with Crippen LogP contribution in [0.4, 0.5) is 0 Å². The Bertz CT molecular complexity index is 767. The smallest absolute Gasteiger partial charge is 0.311 e. The molecule has 2 saturated heterocycles. The van der Waals surface area contributed by atoms with E-state index in [1.54, 1.807) is 0 Å². The van der Waals surface area contributed by atoms with Gasteiger partial charge in [-0.2, -0.15) is 4.31 Å². The zero-order valence-electron chi connectivity index (χ0n) is 13.1. The third-order valence-corrected chi connectivity index (χ3v) is 6.91. The first-order valence-corrected chi connectivity index (χ1v) is 9.28. The zero-order valence-corrected chi connectivity index (χ0v) is 14.6. The standard InChI is InChI=1S/C15H18ClNO6S/c1-22-12-3-2-11(16)6-13(12)24(20,21)17-7-10-8-23-5-4-15(10,9-17)14(18)19/h2-3,6,10H,4-5,7-9H2,1H3,(H,18,19)/t10-,15+/m1/s1. The van der Waals surface area contributed by atoms with Gasteiger partial charge < -0.3 is 14.6 Å². The number of benzene rings is 1. The van der Waals surface area contributed by atoms with E-state index < -0.39 is 21.4 Å². The molecule has 24 heavy (non-hydrogen) atoms. The van der Waals surface area contributed by atoms with Crippen LogP contribution in [0.3, 0.4) is 0 Å². The van der Waals surface area contributed by atoms with Crippen molar-refractivity contribution in [3.8, 4) is 5.75 Å². The maximum atomic E-state index is 13.0. The summed E-state index contributed by atoms with van der Waals surface area (Å²) in [6.07, 6.45) is 0.297. The van der Waals surface area contributed by atoms with E-state index >= 15 is 0 Å². The van der Waals surface area contributed by atoms with Gasteiger partial charge in [-0.15, -0.1) is 0 Å². The summed E-state index contributed by atoms with van der Waals surface area (Å²) >= 11 is 5.93. The first-order chi connectivity index (χ1) is 11.3. The Morgan fingerprint density at radius 1 is 1.50 bits per heavy atom. The number of carboxylic acid groups (broad SMARTS) is 1. The SMILES string of the molecule is COc1ccc(Cl)cc1S(=O)(=O)N1C[C@@H]2COCC[C@]2(C(=O)O)C1. The second kappa shape index (κ2) is 6.18. The molecule has 0 bridgehead atoms. The topological polar surface area (TPSA) is 93.1 Å². The number of halogens is 1. The molecule has 2 aliphatic rings. The van der Waals surface area contributed by atoms with Crippen molar-refractivity contribution in [2.45, 2.75) is 11.3 Å². The molecule has 0 unspecified atom stereocenters. The summed E-state index contributed by atoms with van der Waals surface area (Å²) in [5.74, 6) is -1.18. The molecule has 2 heterocycles. The monoisotopic (exact) mass is 375 g/mol. The highest BCUT2D eigenvalue weighted by molar-refractivity contribution is 7.89. The Balaban J connectivity index is 2.00. The Morgan fingerprint density at radius 3 is 2.88 bits per heavy atom. The maximum absolute atomic E-state index is 13.0. The van der Waals surface area contributed by atoms with Crippen LogP contribution in [0.15, 0.2) is 23.1 Å². The largest absolute Gasteiger partial charge is 0.495 e. The highest BCUT2D eigenvalue weighted by Crippen LogP contribution is 2.45. The van der Waals surface area contributed by atoms with Crippen LogP contribution in [0.2, 0.25) is 5.02 Å². The zero-order chi connectivity index (χ0) is 17.5. The fourth-order valence-corrected chi connectivity index (χ4v) is 5.40. The number of fused-ring (bicyclic) bond motifs is 1. The number of ether oxygens (including phenoxy) is 2. The molecule has 1 aromatic carbocycles. The van der Waals surface area contributed by atoms with Gasteiger partial charge in [0, 0.05) is 30.6 Å². The number of hydrogen-bond donors (Lipinski definition) is 1. The average molecular weight is 376 g/mol. The number of sulfonamides is 1. The molecule has 1 N–H and O–H groups in total. The Hall–Kier alpha value is -1.35. The van der Waals surface area contributed by atoms with E-state index in [9.17, 15) is 18.3 Å². The van der Waals surface area contributed by atoms with Crippen molar-refractivity contribution in [3.63, 3.8) is 0 Å². The molecule has 2 fully saturated rings. The first kappa shape index (κ1) is 17.5. The van der Waals surface area contributed by atoms with Crippen molar-refractivity contribution < 1.29 is 27.8 Å². The van der Waals surface area contributed by atoms with Crippen molar-refractivity contribution in [1.29, 1.82) is 0 Å². The highest BCUT2D eigenvalue weighted by Gasteiger charge is 2.56. The molecule has 2 atom stereocenters. The van der Waals surface area contributed by atoms with Crippen molar-refractivity contribution in [1.82, 2.24) is 4.31 Å². The molecule has 0 aromatic heterocycles. The summed E-state index contributed by atoms with van der Waals surface area (Å²) in [4.78, 5) is 11.8. The molecular weight excluding hydrogens is 358 g/mol. The van der Waals surface area contributed by atoms with Gasteiger partial charge in [-0.25, -0.2) is 8.42 Å². The van der Waals surface area contributed by atoms with E-state index in [1.807, 2.05) is 0 Å². The van der Waals surface area contributed by atoms with E-state index in [4.69, 9.17) is 21.1 Å². The molecular formula is C15H18ClNO6S. The van der Waals surface area contributed by atoms with Crippen LogP contribution in [0, 0.1) is 11.3 Å². The number of hydrogen-bond acceptors (Lipinski definition) is 5. The molecule has 0 amide bonds. The maximum Gasteiger partial charge on any atom is 0.311 e. The van der Waals surface area contributed by atoms with Gasteiger partial charge in [-0.05, 0) is 24.6 Å². The lowest BCUT2D eigenvalue weighted by Crippen LogP contribution is -2.45. The number of nitrogens with zero attached hydrogens (tertiary/aromatic N) is 1. The molecule has 0 aliphatic carbocycles. The van der Waals surface area contributed by atoms with Crippen molar-refractivity contribution in [2.24, 2.45) is 11.3 Å². The number of aliphatic carboxylic acids is 1. The first-order valence-electron chi connectivity index (χ1n) is 7.46. The lowest BCUT2D eigenvalue weighted by Gasteiger charge is -2.34. The quantitative estimate of drug-likeness (QED) is 0.856. The van der Waals surface area contributed by atoms with Crippen LogP contribution in [0.25, 0.3) is 0 Å². The van der Waals surface area contributed by atoms with Crippen LogP contribution in [-0.2, 0) is 19.6 Å².